The number of hydrogen-bond acceptors (Lipinski definition) is 10. The predicted octanol–water partition coefficient (Wildman–Crippen LogP) is -6.14. The molecule has 0 aliphatic carbocycles. The predicted molar refractivity (Wildman–Crippen MR) is 145 cm³/mol. The molecule has 0 bridgehead atoms. The summed E-state index contributed by atoms with van der Waals surface area (Å²) in [6.45, 7) is -1.60. The van der Waals surface area contributed by atoms with E-state index in [-0.39, 0.29) is 38.4 Å². The second-order valence-electron chi connectivity index (χ2n) is 8.60. The average molecular weight is 588 g/mol. The maximum Gasteiger partial charge on any atom is 0.326 e. The first-order valence-corrected chi connectivity index (χ1v) is 12.8. The van der Waals surface area contributed by atoms with Crippen molar-refractivity contribution >= 4 is 47.4 Å². The van der Waals surface area contributed by atoms with E-state index < -0.39 is 73.1 Å². The SMILES string of the molecule is N=C(N)NCCC[C@H](NC(=O)[C@H](CCCCN)NC(=O)CNC(=O)CNC(=O)CNC(=O)CNC(=O)CN)C(=O)O. The van der Waals surface area contributed by atoms with Crippen LogP contribution in [0.2, 0.25) is 0 Å². The minimum Gasteiger partial charge on any atom is -0.480 e. The Morgan fingerprint density at radius 2 is 1.12 bits per heavy atom. The minimum absolute atomic E-state index is 0.0428. The Hall–Kier alpha value is -4.52. The molecule has 0 heterocycles. The lowest BCUT2D eigenvalue weighted by molar-refractivity contribution is -0.142. The molecule has 0 aliphatic heterocycles. The highest BCUT2D eigenvalue weighted by Crippen LogP contribution is 2.04. The molecule has 0 aromatic heterocycles. The Kier molecular flexibility index (Phi) is 19.0. The van der Waals surface area contributed by atoms with Gasteiger partial charge in [0.15, 0.2) is 5.96 Å². The number of hydrogen-bond donors (Lipinski definition) is 12. The van der Waals surface area contributed by atoms with Crippen molar-refractivity contribution in [3.63, 3.8) is 0 Å². The molecule has 232 valence electrons. The number of carboxylic acid groups (broad SMARTS) is 1. The summed E-state index contributed by atoms with van der Waals surface area (Å²) in [5, 5.41) is 32.8. The van der Waals surface area contributed by atoms with Gasteiger partial charge in [0.2, 0.25) is 35.4 Å². The van der Waals surface area contributed by atoms with Crippen molar-refractivity contribution in [1.29, 1.82) is 5.41 Å². The number of aliphatic carboxylic acids is 1. The van der Waals surface area contributed by atoms with Crippen LogP contribution in [-0.2, 0) is 33.6 Å². The van der Waals surface area contributed by atoms with E-state index in [1.807, 2.05) is 0 Å². The summed E-state index contributed by atoms with van der Waals surface area (Å²) in [5.74, 6) is -5.64. The zero-order valence-corrected chi connectivity index (χ0v) is 22.7. The summed E-state index contributed by atoms with van der Waals surface area (Å²) >= 11 is 0. The summed E-state index contributed by atoms with van der Waals surface area (Å²) in [6.07, 6.45) is 1.52. The first kappa shape index (κ1) is 36.5. The van der Waals surface area contributed by atoms with Gasteiger partial charge in [-0.2, -0.15) is 0 Å². The molecule has 6 amide bonds. The first-order valence-electron chi connectivity index (χ1n) is 12.8. The van der Waals surface area contributed by atoms with Gasteiger partial charge in [-0.25, -0.2) is 4.79 Å². The zero-order valence-electron chi connectivity index (χ0n) is 22.7. The van der Waals surface area contributed by atoms with Crippen LogP contribution in [0.1, 0.15) is 32.1 Å². The molecule has 0 saturated carbocycles. The van der Waals surface area contributed by atoms with Crippen molar-refractivity contribution in [2.75, 3.05) is 45.8 Å². The molecular weight excluding hydrogens is 546 g/mol. The number of carboxylic acids is 1. The number of carbonyl (C=O) groups excluding carboxylic acids is 6. The van der Waals surface area contributed by atoms with Crippen LogP contribution in [0.3, 0.4) is 0 Å². The smallest absolute Gasteiger partial charge is 0.326 e. The van der Waals surface area contributed by atoms with E-state index >= 15 is 0 Å². The molecular formula is C22H41N11O8. The Balaban J connectivity index is 4.68. The second kappa shape index (κ2) is 21.3. The van der Waals surface area contributed by atoms with Gasteiger partial charge < -0.3 is 59.5 Å². The van der Waals surface area contributed by atoms with E-state index in [0.29, 0.717) is 25.8 Å². The molecule has 19 nitrogen and oxygen atoms in total. The molecule has 0 rings (SSSR count). The molecule has 0 fully saturated rings. The van der Waals surface area contributed by atoms with Gasteiger partial charge in [-0.15, -0.1) is 0 Å². The van der Waals surface area contributed by atoms with Crippen LogP contribution in [0.4, 0.5) is 0 Å². The standard InChI is InChI=1S/C22H41N11O8/c23-6-2-1-4-13(20(39)33-14(21(40)41)5-3-7-27-22(25)26)32-19(38)12-31-18(37)11-30-17(36)10-29-16(35)9-28-15(34)8-24/h13-14H,1-12,23-24H2,(H,28,34)(H,29,35)(H,30,36)(H,31,37)(H,32,38)(H,33,39)(H,40,41)(H4,25,26,27)/t13-,14-/m0/s1. The normalized spacial score (nSPS) is 11.7. The van der Waals surface area contributed by atoms with Crippen LogP contribution >= 0.6 is 0 Å². The van der Waals surface area contributed by atoms with Crippen LogP contribution < -0.4 is 54.4 Å². The van der Waals surface area contributed by atoms with Crippen LogP contribution in [0.5, 0.6) is 0 Å². The van der Waals surface area contributed by atoms with Gasteiger partial charge in [-0.1, -0.05) is 0 Å². The number of nitrogens with one attached hydrogen (secondary N) is 8. The number of unbranched alkanes of at least 4 members (excludes halogenated alkanes) is 1. The fourth-order valence-electron chi connectivity index (χ4n) is 3.04. The molecule has 0 aliphatic rings. The summed E-state index contributed by atoms with van der Waals surface area (Å²) in [7, 11) is 0. The highest BCUT2D eigenvalue weighted by atomic mass is 16.4. The molecule has 0 radical (unpaired) electrons. The van der Waals surface area contributed by atoms with Gasteiger partial charge in [0, 0.05) is 6.54 Å². The summed E-state index contributed by atoms with van der Waals surface area (Å²) in [4.78, 5) is 83.0. The fourth-order valence-corrected chi connectivity index (χ4v) is 3.04. The average Bonchev–Trinajstić information content (AvgIpc) is 2.93. The van der Waals surface area contributed by atoms with E-state index in [9.17, 15) is 38.7 Å². The lowest BCUT2D eigenvalue weighted by Gasteiger charge is -2.22. The van der Waals surface area contributed by atoms with Gasteiger partial charge >= 0.3 is 5.97 Å². The zero-order chi connectivity index (χ0) is 31.2. The largest absolute Gasteiger partial charge is 0.480 e. The van der Waals surface area contributed by atoms with Crippen molar-refractivity contribution in [2.24, 2.45) is 17.2 Å². The van der Waals surface area contributed by atoms with E-state index in [0.717, 1.165) is 0 Å². The Bertz CT molecular complexity index is 931. The van der Waals surface area contributed by atoms with Crippen molar-refractivity contribution in [3.05, 3.63) is 0 Å². The van der Waals surface area contributed by atoms with Gasteiger partial charge in [0.25, 0.3) is 0 Å². The lowest BCUT2D eigenvalue weighted by atomic mass is 10.1. The molecule has 0 unspecified atom stereocenters. The van der Waals surface area contributed by atoms with Gasteiger partial charge in [0.1, 0.15) is 12.1 Å². The summed E-state index contributed by atoms with van der Waals surface area (Å²) in [6, 6.07) is -2.34. The van der Waals surface area contributed by atoms with Crippen molar-refractivity contribution in [2.45, 2.75) is 44.2 Å². The number of rotatable bonds is 21. The summed E-state index contributed by atoms with van der Waals surface area (Å²) < 4.78 is 0. The van der Waals surface area contributed by atoms with Crippen LogP contribution in [0.25, 0.3) is 0 Å². The van der Waals surface area contributed by atoms with E-state index in [2.05, 4.69) is 37.2 Å². The topological polar surface area (TPSA) is 326 Å². The molecule has 19 heteroatoms. The second-order valence-corrected chi connectivity index (χ2v) is 8.60. The number of nitrogens with two attached hydrogens (primary N) is 3. The first-order chi connectivity index (χ1) is 19.4. The molecule has 0 saturated heterocycles. The summed E-state index contributed by atoms with van der Waals surface area (Å²) in [5.41, 5.74) is 15.7. The fraction of sp³-hybridized carbons (Fsp3) is 0.636. The van der Waals surface area contributed by atoms with Gasteiger partial charge in [0.05, 0.1) is 32.7 Å². The monoisotopic (exact) mass is 587 g/mol. The van der Waals surface area contributed by atoms with Gasteiger partial charge in [-0.3, -0.25) is 34.2 Å². The van der Waals surface area contributed by atoms with Crippen LogP contribution in [0.15, 0.2) is 0 Å². The minimum atomic E-state index is -1.28. The number of carbonyl (C=O) groups is 7. The molecule has 15 N–H and O–H groups in total. The third-order valence-corrected chi connectivity index (χ3v) is 5.17. The maximum absolute atomic E-state index is 12.8. The quantitative estimate of drug-likeness (QED) is 0.0339. The molecule has 41 heavy (non-hydrogen) atoms. The Morgan fingerprint density at radius 3 is 1.59 bits per heavy atom. The van der Waals surface area contributed by atoms with Crippen molar-refractivity contribution in [1.82, 2.24) is 37.2 Å². The Labute approximate surface area is 236 Å². The van der Waals surface area contributed by atoms with Crippen LogP contribution in [-0.4, -0.2) is 110 Å². The van der Waals surface area contributed by atoms with E-state index in [4.69, 9.17) is 22.6 Å². The lowest BCUT2D eigenvalue weighted by Crippen LogP contribution is -2.53. The molecule has 2 atom stereocenters. The van der Waals surface area contributed by atoms with E-state index in [1.54, 1.807) is 0 Å². The highest BCUT2D eigenvalue weighted by Gasteiger charge is 2.26. The van der Waals surface area contributed by atoms with Crippen molar-refractivity contribution < 1.29 is 38.7 Å². The molecule has 0 aromatic rings. The van der Waals surface area contributed by atoms with Crippen LogP contribution in [0, 0.1) is 5.41 Å². The Morgan fingerprint density at radius 1 is 0.634 bits per heavy atom. The van der Waals surface area contributed by atoms with E-state index in [1.165, 1.54) is 0 Å². The maximum atomic E-state index is 12.8. The highest BCUT2D eigenvalue weighted by molar-refractivity contribution is 5.93. The molecule has 0 spiro atoms. The third-order valence-electron chi connectivity index (χ3n) is 5.17. The third kappa shape index (κ3) is 19.2. The van der Waals surface area contributed by atoms with Gasteiger partial charge in [-0.05, 0) is 38.6 Å². The van der Waals surface area contributed by atoms with Crippen molar-refractivity contribution in [3.8, 4) is 0 Å². The molecule has 0 aromatic carbocycles. The number of guanidine groups is 1. The number of amides is 6.